The van der Waals surface area contributed by atoms with Crippen molar-refractivity contribution in [3.63, 3.8) is 0 Å². The molecule has 3 heterocycles. The number of thiophene rings is 1. The number of rotatable bonds is 4. The van der Waals surface area contributed by atoms with Crippen LogP contribution in [0.25, 0.3) is 10.6 Å². The SMILES string of the molecule is OCC1CCN(Cc2ncc(-c3cccs3)o2)CC1. The first kappa shape index (κ1) is 12.8. The maximum atomic E-state index is 9.13. The monoisotopic (exact) mass is 278 g/mol. The fourth-order valence-corrected chi connectivity index (χ4v) is 3.11. The summed E-state index contributed by atoms with van der Waals surface area (Å²) in [5.74, 6) is 2.11. The van der Waals surface area contributed by atoms with Gasteiger partial charge in [0.1, 0.15) is 0 Å². The van der Waals surface area contributed by atoms with Crippen LogP contribution in [0, 0.1) is 5.92 Å². The van der Waals surface area contributed by atoms with Crippen molar-refractivity contribution in [2.75, 3.05) is 19.7 Å². The second-order valence-corrected chi connectivity index (χ2v) is 5.95. The van der Waals surface area contributed by atoms with E-state index in [1.807, 2.05) is 23.7 Å². The molecule has 2 aromatic rings. The molecule has 1 aliphatic heterocycles. The van der Waals surface area contributed by atoms with Gasteiger partial charge in [0.25, 0.3) is 0 Å². The lowest BCUT2D eigenvalue weighted by Crippen LogP contribution is -2.34. The van der Waals surface area contributed by atoms with Crippen LogP contribution in [0.3, 0.4) is 0 Å². The minimum atomic E-state index is 0.315. The molecule has 1 aliphatic rings. The van der Waals surface area contributed by atoms with Crippen LogP contribution in [0.1, 0.15) is 18.7 Å². The van der Waals surface area contributed by atoms with Gasteiger partial charge in [-0.2, -0.15) is 0 Å². The van der Waals surface area contributed by atoms with Crippen molar-refractivity contribution in [2.45, 2.75) is 19.4 Å². The molecular weight excluding hydrogens is 260 g/mol. The average Bonchev–Trinajstić information content (AvgIpc) is 3.10. The van der Waals surface area contributed by atoms with Crippen LogP contribution >= 0.6 is 11.3 Å². The molecule has 1 N–H and O–H groups in total. The van der Waals surface area contributed by atoms with Crippen LogP contribution in [-0.4, -0.2) is 34.7 Å². The summed E-state index contributed by atoms with van der Waals surface area (Å²) in [6.45, 7) is 3.11. The first-order valence-electron chi connectivity index (χ1n) is 6.67. The van der Waals surface area contributed by atoms with E-state index >= 15 is 0 Å². The van der Waals surface area contributed by atoms with Crippen molar-refractivity contribution >= 4 is 11.3 Å². The molecule has 5 heteroatoms. The quantitative estimate of drug-likeness (QED) is 0.934. The van der Waals surface area contributed by atoms with Gasteiger partial charge in [-0.25, -0.2) is 4.98 Å². The first-order chi connectivity index (χ1) is 9.35. The molecule has 0 aromatic carbocycles. The molecule has 0 atom stereocenters. The smallest absolute Gasteiger partial charge is 0.209 e. The summed E-state index contributed by atoms with van der Waals surface area (Å²) in [6, 6.07) is 4.06. The molecule has 19 heavy (non-hydrogen) atoms. The lowest BCUT2D eigenvalue weighted by molar-refractivity contribution is 0.121. The number of aromatic nitrogens is 1. The Morgan fingerprint density at radius 1 is 1.42 bits per heavy atom. The van der Waals surface area contributed by atoms with E-state index in [4.69, 9.17) is 9.52 Å². The molecule has 102 valence electrons. The largest absolute Gasteiger partial charge is 0.438 e. The lowest BCUT2D eigenvalue weighted by atomic mass is 9.98. The number of nitrogens with zero attached hydrogens (tertiary/aromatic N) is 2. The maximum absolute atomic E-state index is 9.13. The number of piperidine rings is 1. The first-order valence-corrected chi connectivity index (χ1v) is 7.55. The summed E-state index contributed by atoms with van der Waals surface area (Å²) >= 11 is 1.66. The summed E-state index contributed by atoms with van der Waals surface area (Å²) in [6.07, 6.45) is 3.94. The highest BCUT2D eigenvalue weighted by Gasteiger charge is 2.20. The number of aliphatic hydroxyl groups is 1. The highest BCUT2D eigenvalue weighted by molar-refractivity contribution is 7.13. The number of oxazole rings is 1. The van der Waals surface area contributed by atoms with Crippen molar-refractivity contribution < 1.29 is 9.52 Å². The van der Waals surface area contributed by atoms with Gasteiger partial charge in [0.05, 0.1) is 17.6 Å². The number of hydrogen-bond donors (Lipinski definition) is 1. The van der Waals surface area contributed by atoms with Crippen molar-refractivity contribution in [1.82, 2.24) is 9.88 Å². The Morgan fingerprint density at radius 2 is 2.26 bits per heavy atom. The van der Waals surface area contributed by atoms with Gasteiger partial charge in [-0.1, -0.05) is 6.07 Å². The van der Waals surface area contributed by atoms with Gasteiger partial charge < -0.3 is 9.52 Å². The van der Waals surface area contributed by atoms with Gasteiger partial charge in [0, 0.05) is 6.61 Å². The molecule has 4 nitrogen and oxygen atoms in total. The minimum Gasteiger partial charge on any atom is -0.438 e. The van der Waals surface area contributed by atoms with Crippen LogP contribution in [0.4, 0.5) is 0 Å². The highest BCUT2D eigenvalue weighted by atomic mass is 32.1. The van der Waals surface area contributed by atoms with Crippen LogP contribution in [0.15, 0.2) is 28.1 Å². The second kappa shape index (κ2) is 5.86. The number of likely N-dealkylation sites (tertiary alicyclic amines) is 1. The van der Waals surface area contributed by atoms with Crippen LogP contribution < -0.4 is 0 Å². The molecule has 0 radical (unpaired) electrons. The van der Waals surface area contributed by atoms with Crippen LogP contribution in [-0.2, 0) is 6.54 Å². The fourth-order valence-electron chi connectivity index (χ4n) is 2.43. The molecule has 1 fully saturated rings. The van der Waals surface area contributed by atoms with Gasteiger partial charge in [0.2, 0.25) is 5.89 Å². The van der Waals surface area contributed by atoms with Crippen molar-refractivity contribution in [3.05, 3.63) is 29.6 Å². The van der Waals surface area contributed by atoms with Crippen molar-refractivity contribution in [3.8, 4) is 10.6 Å². The van der Waals surface area contributed by atoms with E-state index in [2.05, 4.69) is 9.88 Å². The molecular formula is C14H18N2O2S. The predicted molar refractivity (Wildman–Crippen MR) is 74.9 cm³/mol. The molecule has 3 rings (SSSR count). The van der Waals surface area contributed by atoms with E-state index < -0.39 is 0 Å². The Morgan fingerprint density at radius 3 is 2.95 bits per heavy atom. The van der Waals surface area contributed by atoms with Gasteiger partial charge >= 0.3 is 0 Å². The normalized spacial score (nSPS) is 17.9. The van der Waals surface area contributed by atoms with E-state index in [0.29, 0.717) is 12.5 Å². The molecule has 0 amide bonds. The zero-order valence-electron chi connectivity index (χ0n) is 10.8. The zero-order chi connectivity index (χ0) is 13.1. The Kier molecular flexibility index (Phi) is 3.96. The van der Waals surface area contributed by atoms with Crippen molar-refractivity contribution in [1.29, 1.82) is 0 Å². The predicted octanol–water partition coefficient (Wildman–Crippen LogP) is 2.61. The van der Waals surface area contributed by atoms with Gasteiger partial charge in [0.15, 0.2) is 5.76 Å². The molecule has 0 unspecified atom stereocenters. The van der Waals surface area contributed by atoms with E-state index in [1.165, 1.54) is 0 Å². The average molecular weight is 278 g/mol. The molecule has 0 bridgehead atoms. The van der Waals surface area contributed by atoms with Crippen LogP contribution in [0.2, 0.25) is 0 Å². The maximum Gasteiger partial charge on any atom is 0.209 e. The van der Waals surface area contributed by atoms with Gasteiger partial charge in [-0.05, 0) is 43.3 Å². The Hall–Kier alpha value is -1.17. The summed E-state index contributed by atoms with van der Waals surface area (Å²) in [5.41, 5.74) is 0. The van der Waals surface area contributed by atoms with E-state index in [1.54, 1.807) is 11.3 Å². The Bertz CT molecular complexity index is 501. The van der Waals surface area contributed by atoms with Gasteiger partial charge in [-0.3, -0.25) is 4.90 Å². The third-order valence-electron chi connectivity index (χ3n) is 3.64. The van der Waals surface area contributed by atoms with Crippen LogP contribution in [0.5, 0.6) is 0 Å². The molecule has 0 aliphatic carbocycles. The summed E-state index contributed by atoms with van der Waals surface area (Å²) < 4.78 is 5.79. The molecule has 0 spiro atoms. The standard InChI is InChI=1S/C14H18N2O2S/c17-10-11-3-5-16(6-4-11)9-14-15-8-12(18-14)13-2-1-7-19-13/h1-2,7-8,11,17H,3-6,9-10H2. The van der Waals surface area contributed by atoms with E-state index in [0.717, 1.165) is 49.0 Å². The lowest BCUT2D eigenvalue weighted by Gasteiger charge is -2.29. The summed E-state index contributed by atoms with van der Waals surface area (Å²) in [5, 5.41) is 11.2. The third kappa shape index (κ3) is 3.05. The third-order valence-corrected chi connectivity index (χ3v) is 4.53. The minimum absolute atomic E-state index is 0.315. The van der Waals surface area contributed by atoms with E-state index in [9.17, 15) is 0 Å². The molecule has 2 aromatic heterocycles. The molecule has 1 saturated heterocycles. The van der Waals surface area contributed by atoms with E-state index in [-0.39, 0.29) is 0 Å². The fraction of sp³-hybridized carbons (Fsp3) is 0.500. The highest BCUT2D eigenvalue weighted by Crippen LogP contribution is 2.26. The second-order valence-electron chi connectivity index (χ2n) is 5.00. The molecule has 0 saturated carbocycles. The van der Waals surface area contributed by atoms with Gasteiger partial charge in [-0.15, -0.1) is 11.3 Å². The summed E-state index contributed by atoms with van der Waals surface area (Å²) in [4.78, 5) is 7.82. The number of aliphatic hydroxyl groups excluding tert-OH is 1. The topological polar surface area (TPSA) is 49.5 Å². The zero-order valence-corrected chi connectivity index (χ0v) is 11.6. The summed E-state index contributed by atoms with van der Waals surface area (Å²) in [7, 11) is 0. The number of hydrogen-bond acceptors (Lipinski definition) is 5. The van der Waals surface area contributed by atoms with Crippen molar-refractivity contribution in [2.24, 2.45) is 5.92 Å². The Balaban J connectivity index is 1.59. The Labute approximate surface area is 116 Å².